The zero-order chi connectivity index (χ0) is 19.8. The van der Waals surface area contributed by atoms with Gasteiger partial charge in [0.2, 0.25) is 0 Å². The number of benzene rings is 1. The molecule has 0 radical (unpaired) electrons. The molecule has 6 heteroatoms. The van der Waals surface area contributed by atoms with Crippen LogP contribution in [0.2, 0.25) is 0 Å². The topological polar surface area (TPSA) is 57.5 Å². The summed E-state index contributed by atoms with van der Waals surface area (Å²) in [5, 5.41) is 11.3. The van der Waals surface area contributed by atoms with Crippen LogP contribution < -0.4 is 10.6 Å². The normalized spacial score (nSPS) is 16.5. The van der Waals surface area contributed by atoms with E-state index < -0.39 is 0 Å². The number of nitrogens with zero attached hydrogens (tertiary/aromatic N) is 4. The Hall–Kier alpha value is -2.34. The molecule has 2 heterocycles. The third-order valence-electron chi connectivity index (χ3n) is 5.26. The summed E-state index contributed by atoms with van der Waals surface area (Å²) in [6.07, 6.45) is 6.14. The van der Waals surface area contributed by atoms with Gasteiger partial charge in [-0.1, -0.05) is 24.3 Å². The Labute approximate surface area is 169 Å². The summed E-state index contributed by atoms with van der Waals surface area (Å²) >= 11 is 0. The second kappa shape index (κ2) is 10.3. The zero-order valence-corrected chi connectivity index (χ0v) is 17.4. The van der Waals surface area contributed by atoms with Gasteiger partial charge >= 0.3 is 0 Å². The Bertz CT molecular complexity index is 729. The van der Waals surface area contributed by atoms with E-state index in [1.807, 2.05) is 23.1 Å². The molecule has 2 aromatic rings. The van der Waals surface area contributed by atoms with Crippen LogP contribution in [0.3, 0.4) is 0 Å². The van der Waals surface area contributed by atoms with Gasteiger partial charge in [0.25, 0.3) is 0 Å². The average Bonchev–Trinajstić information content (AvgIpc) is 3.20. The lowest BCUT2D eigenvalue weighted by Gasteiger charge is -2.35. The minimum absolute atomic E-state index is 0.499. The maximum absolute atomic E-state index is 4.83. The van der Waals surface area contributed by atoms with E-state index in [0.29, 0.717) is 18.6 Å². The van der Waals surface area contributed by atoms with Gasteiger partial charge in [-0.25, -0.2) is 4.99 Å². The van der Waals surface area contributed by atoms with Gasteiger partial charge in [-0.05, 0) is 50.8 Å². The molecular weight excluding hydrogens is 348 g/mol. The Kier molecular flexibility index (Phi) is 7.48. The van der Waals surface area contributed by atoms with Gasteiger partial charge in [0.05, 0.1) is 13.1 Å². The minimum Gasteiger partial charge on any atom is -0.357 e. The Morgan fingerprint density at radius 1 is 1.21 bits per heavy atom. The van der Waals surface area contributed by atoms with Crippen LogP contribution in [0.5, 0.6) is 0 Å². The van der Waals surface area contributed by atoms with Crippen molar-refractivity contribution in [1.82, 2.24) is 25.3 Å². The number of hydrogen-bond donors (Lipinski definition) is 2. The number of piperidine rings is 1. The highest BCUT2D eigenvalue weighted by Gasteiger charge is 2.21. The van der Waals surface area contributed by atoms with Crippen molar-refractivity contribution in [3.05, 3.63) is 53.9 Å². The number of aliphatic imine (C=N–C) groups is 1. The zero-order valence-electron chi connectivity index (χ0n) is 17.4. The molecule has 0 unspecified atom stereocenters. The fourth-order valence-corrected chi connectivity index (χ4v) is 3.65. The maximum Gasteiger partial charge on any atom is 0.191 e. The van der Waals surface area contributed by atoms with E-state index in [0.717, 1.165) is 32.1 Å². The molecule has 0 spiro atoms. The second-order valence-electron chi connectivity index (χ2n) is 7.77. The summed E-state index contributed by atoms with van der Waals surface area (Å²) in [7, 11) is 0. The molecule has 0 saturated carbocycles. The maximum atomic E-state index is 4.83. The minimum atomic E-state index is 0.499. The van der Waals surface area contributed by atoms with Crippen LogP contribution in [0.4, 0.5) is 0 Å². The van der Waals surface area contributed by atoms with Crippen molar-refractivity contribution in [1.29, 1.82) is 0 Å². The number of guanidine groups is 1. The van der Waals surface area contributed by atoms with E-state index in [1.165, 1.54) is 24.0 Å². The molecular formula is C22H34N6. The summed E-state index contributed by atoms with van der Waals surface area (Å²) in [6.45, 7) is 11.3. The number of likely N-dealkylation sites (tertiary alicyclic amines) is 1. The van der Waals surface area contributed by atoms with Crippen molar-refractivity contribution in [2.45, 2.75) is 58.8 Å². The first kappa shape index (κ1) is 20.4. The van der Waals surface area contributed by atoms with E-state index in [9.17, 15) is 0 Å². The Balaban J connectivity index is 1.57. The van der Waals surface area contributed by atoms with Crippen LogP contribution in [-0.2, 0) is 13.1 Å². The van der Waals surface area contributed by atoms with E-state index >= 15 is 0 Å². The quantitative estimate of drug-likeness (QED) is 0.571. The summed E-state index contributed by atoms with van der Waals surface area (Å²) in [4.78, 5) is 7.38. The molecule has 0 amide bonds. The molecule has 0 bridgehead atoms. The van der Waals surface area contributed by atoms with Crippen molar-refractivity contribution in [3.8, 4) is 0 Å². The third-order valence-corrected chi connectivity index (χ3v) is 5.26. The van der Waals surface area contributed by atoms with Gasteiger partial charge in [-0.2, -0.15) is 5.10 Å². The number of rotatable bonds is 7. The molecule has 3 rings (SSSR count). The monoisotopic (exact) mass is 382 g/mol. The van der Waals surface area contributed by atoms with Crippen LogP contribution in [0, 0.1) is 0 Å². The second-order valence-corrected chi connectivity index (χ2v) is 7.77. The molecule has 28 heavy (non-hydrogen) atoms. The van der Waals surface area contributed by atoms with Crippen LogP contribution in [0.1, 0.15) is 44.7 Å². The highest BCUT2D eigenvalue weighted by atomic mass is 15.3. The first-order valence-corrected chi connectivity index (χ1v) is 10.5. The summed E-state index contributed by atoms with van der Waals surface area (Å²) < 4.78 is 1.94. The lowest BCUT2D eigenvalue weighted by atomic mass is 10.0. The van der Waals surface area contributed by atoms with Gasteiger partial charge < -0.3 is 15.5 Å². The van der Waals surface area contributed by atoms with Gasteiger partial charge in [0.1, 0.15) is 0 Å². The number of nitrogens with one attached hydrogen (secondary N) is 2. The lowest BCUT2D eigenvalue weighted by molar-refractivity contribution is 0.167. The van der Waals surface area contributed by atoms with E-state index in [-0.39, 0.29) is 0 Å². The Morgan fingerprint density at radius 2 is 2.00 bits per heavy atom. The molecule has 0 atom stereocenters. The van der Waals surface area contributed by atoms with Gasteiger partial charge in [0, 0.05) is 44.1 Å². The SMILES string of the molecule is CCNC(=NCc1cccc(Cn2cccn2)c1)NC1CCN(C(C)C)CC1. The van der Waals surface area contributed by atoms with E-state index in [1.54, 1.807) is 0 Å². The highest BCUT2D eigenvalue weighted by molar-refractivity contribution is 5.80. The first-order valence-electron chi connectivity index (χ1n) is 10.5. The largest absolute Gasteiger partial charge is 0.357 e. The summed E-state index contributed by atoms with van der Waals surface area (Å²) in [5.74, 6) is 0.919. The Morgan fingerprint density at radius 3 is 2.68 bits per heavy atom. The van der Waals surface area contributed by atoms with Gasteiger partial charge in [-0.15, -0.1) is 0 Å². The van der Waals surface area contributed by atoms with Crippen LogP contribution in [0.25, 0.3) is 0 Å². The predicted molar refractivity (Wildman–Crippen MR) is 115 cm³/mol. The molecule has 1 fully saturated rings. The molecule has 6 nitrogen and oxygen atoms in total. The molecule has 1 aliphatic rings. The first-order chi connectivity index (χ1) is 13.6. The van der Waals surface area contributed by atoms with Gasteiger partial charge in [-0.3, -0.25) is 4.68 Å². The fourth-order valence-electron chi connectivity index (χ4n) is 3.65. The van der Waals surface area contributed by atoms with Crippen LogP contribution >= 0.6 is 0 Å². The molecule has 152 valence electrons. The van der Waals surface area contributed by atoms with Crippen LogP contribution in [0.15, 0.2) is 47.7 Å². The highest BCUT2D eigenvalue weighted by Crippen LogP contribution is 2.13. The molecule has 1 aliphatic heterocycles. The summed E-state index contributed by atoms with van der Waals surface area (Å²) in [5.41, 5.74) is 2.46. The fraction of sp³-hybridized carbons (Fsp3) is 0.545. The molecule has 1 aromatic carbocycles. The summed E-state index contributed by atoms with van der Waals surface area (Å²) in [6, 6.07) is 11.7. The lowest BCUT2D eigenvalue weighted by Crippen LogP contribution is -2.49. The van der Waals surface area contributed by atoms with E-state index in [4.69, 9.17) is 4.99 Å². The van der Waals surface area contributed by atoms with Crippen molar-refractivity contribution < 1.29 is 0 Å². The number of aromatic nitrogens is 2. The van der Waals surface area contributed by atoms with Crippen molar-refractivity contribution >= 4 is 5.96 Å². The smallest absolute Gasteiger partial charge is 0.191 e. The van der Waals surface area contributed by atoms with Crippen molar-refractivity contribution in [3.63, 3.8) is 0 Å². The third kappa shape index (κ3) is 6.09. The molecule has 2 N–H and O–H groups in total. The van der Waals surface area contributed by atoms with Crippen LogP contribution in [-0.4, -0.2) is 52.4 Å². The van der Waals surface area contributed by atoms with Crippen molar-refractivity contribution in [2.75, 3.05) is 19.6 Å². The molecule has 0 aliphatic carbocycles. The van der Waals surface area contributed by atoms with E-state index in [2.05, 4.69) is 65.7 Å². The average molecular weight is 383 g/mol. The van der Waals surface area contributed by atoms with Crippen molar-refractivity contribution in [2.24, 2.45) is 4.99 Å². The molecule has 1 aromatic heterocycles. The van der Waals surface area contributed by atoms with Gasteiger partial charge in [0.15, 0.2) is 5.96 Å². The molecule has 1 saturated heterocycles. The predicted octanol–water partition coefficient (Wildman–Crippen LogP) is 2.86. The standard InChI is InChI=1S/C22H34N6/c1-4-23-22(26-21-9-13-27(14-10-21)18(2)3)24-16-19-7-5-8-20(15-19)17-28-12-6-11-25-28/h5-8,11-12,15,18,21H,4,9-10,13-14,16-17H2,1-3H3,(H2,23,24,26). The number of hydrogen-bond acceptors (Lipinski definition) is 3.